The average molecular weight is 22600 g/mol. The van der Waals surface area contributed by atoms with Crippen LogP contribution in [0.5, 0.6) is 0 Å². The molecule has 0 aliphatic carbocycles. The normalized spacial score (nSPS) is 0. The molecule has 0 heterocycles. The molecule has 0 N–H and O–H groups in total. The molecule has 0 nitrogen and oxygen atoms in total. The summed E-state index contributed by atoms with van der Waals surface area (Å²) in [5, 5.41) is 0. The van der Waals surface area contributed by atoms with Gasteiger partial charge in [0.05, 0.1) is 0 Å². The minimum Gasteiger partial charge on any atom is 0 e. The molecular formula is U95. The quantitative estimate of drug-likeness (QED) is 0.321. The zero-order chi connectivity index (χ0) is 0. The van der Waals surface area contributed by atoms with Gasteiger partial charge in [-0.25, -0.2) is 0 Å². The molecule has 0 radical (unpaired) electrons. The van der Waals surface area contributed by atoms with Crippen LogP contribution in [0.2, 0.25) is 0 Å². The van der Waals surface area contributed by atoms with Crippen LogP contribution >= 0.6 is 0 Å². The summed E-state index contributed by atoms with van der Waals surface area (Å²) < 4.78 is 0. The van der Waals surface area contributed by atoms with Crippen LogP contribution in [-0.2, 0) is 0 Å². The van der Waals surface area contributed by atoms with Gasteiger partial charge in [-0.1, -0.05) is 0 Å². The Balaban J connectivity index is 0. The molecule has 0 saturated carbocycles. The summed E-state index contributed by atoms with van der Waals surface area (Å²) in [4.78, 5) is 0. The fourth-order valence-corrected chi connectivity index (χ4v) is 0. The predicted molar refractivity (Wildman–Crippen MR) is 0 cm³/mol. The van der Waals surface area contributed by atoms with Crippen LogP contribution < -0.4 is 0 Å². The average Bonchev–Trinajstić information content (AvgIpc) is 0. The van der Waals surface area contributed by atoms with Crippen molar-refractivity contribution >= 4 is 0 Å². The van der Waals surface area contributed by atoms with E-state index in [1.807, 2.05) is 0 Å². The molecule has 95 heteroatoms. The van der Waals surface area contributed by atoms with E-state index in [9.17, 15) is 0 Å². The van der Waals surface area contributed by atoms with Crippen molar-refractivity contribution in [3.63, 3.8) is 0 Å². The second-order valence-electron chi connectivity index (χ2n) is 0. The Labute approximate surface area is 2840 Å². The largest absolute Gasteiger partial charge is 0 e. The van der Waals surface area contributed by atoms with Gasteiger partial charge in [0.2, 0.25) is 0 Å². The first-order valence-electron chi connectivity index (χ1n) is 0. The van der Waals surface area contributed by atoms with Crippen LogP contribution in [0.15, 0.2) is 0 Å². The van der Waals surface area contributed by atoms with Gasteiger partial charge in [0.1, 0.15) is 0 Å². The Morgan fingerprint density at radius 2 is 0.0105 bits per heavy atom. The number of hydrogen-bond acceptors (Lipinski definition) is 0. The third kappa shape index (κ3) is 715. The summed E-state index contributed by atoms with van der Waals surface area (Å²) in [5.74, 6) is 0. The van der Waals surface area contributed by atoms with E-state index in [1.165, 1.54) is 0 Å². The predicted octanol–water partition coefficient (Wildman–Crippen LogP) is 0. The Morgan fingerprint density at radius 1 is 0.0105 bits per heavy atom. The first kappa shape index (κ1) is 734. The minimum absolute atomic E-state index is 0. The molecule has 0 aromatic heterocycles. The van der Waals surface area contributed by atoms with E-state index in [2.05, 4.69) is 0 Å². The molecule has 0 spiro atoms. The molecule has 0 saturated heterocycles. The summed E-state index contributed by atoms with van der Waals surface area (Å²) in [6.07, 6.45) is 0. The third-order valence-corrected chi connectivity index (χ3v) is 0. The monoisotopic (exact) mass is 22600 g/mol. The number of hydrogen-bond donors (Lipinski definition) is 0. The van der Waals surface area contributed by atoms with Gasteiger partial charge >= 0.3 is 0 Å². The molecular weight excluding hydrogens is 22600 g/mol. The molecule has 380 valence electrons. The van der Waals surface area contributed by atoms with E-state index < -0.39 is 0 Å². The molecule has 0 aromatic rings. The maximum Gasteiger partial charge on any atom is 0 e. The fraction of sp³-hybridized carbons (Fsp3) is 0. The van der Waals surface area contributed by atoms with E-state index >= 15 is 0 Å². The van der Waals surface area contributed by atoms with E-state index in [1.54, 1.807) is 0 Å². The standard InChI is InChI=1S/95U. The summed E-state index contributed by atoms with van der Waals surface area (Å²) >= 11 is 0. The second-order valence-corrected chi connectivity index (χ2v) is 0. The first-order chi connectivity index (χ1) is 0. The van der Waals surface area contributed by atoms with Crippen molar-refractivity contribution in [3.05, 3.63) is 0 Å². The smallest absolute Gasteiger partial charge is 0 e. The summed E-state index contributed by atoms with van der Waals surface area (Å²) in [6.45, 7) is 0. The van der Waals surface area contributed by atoms with E-state index in [4.69, 9.17) is 0 Å². The topological polar surface area (TPSA) is 0 Å². The number of rotatable bonds is 0. The SMILES string of the molecule is [U].[U].[U].[U].[U].[U].[U].[U].[U].[U].[U].[U].[U].[U].[U].[U].[U].[U].[U].[U].[U].[U].[U].[U].[U].[U].[U].[U].[U].[U].[U].[U].[U].[U].[U].[U].[U].[U].[U].[U].[U].[U].[U].[U].[U].[U].[U].[U].[U].[U].[U].[U].[U].[U].[U].[U].[U].[U].[U].[U].[U].[U].[U].[U].[U].[U].[U].[U].[U].[U].[U].[U].[U].[U].[U].[U].[U].[U].[U].[U].[U].[U].[U].[U].[U].[U].[U].[U].[U].[U].[U].[U].[U].[U].[U]. The van der Waals surface area contributed by atoms with E-state index in [0.29, 0.717) is 0 Å². The molecule has 0 fully saturated rings. The van der Waals surface area contributed by atoms with E-state index in [0.717, 1.165) is 0 Å². The molecule has 0 amide bonds. The Morgan fingerprint density at radius 3 is 0.0105 bits per heavy atom. The summed E-state index contributed by atoms with van der Waals surface area (Å²) in [7, 11) is 0. The van der Waals surface area contributed by atoms with Crippen molar-refractivity contribution in [1.29, 1.82) is 0 Å². The van der Waals surface area contributed by atoms with Gasteiger partial charge in [-0.15, -0.1) is 0 Å². The van der Waals surface area contributed by atoms with Crippen LogP contribution in [0.1, 0.15) is 0 Å². The first-order valence-corrected chi connectivity index (χ1v) is 0. The molecule has 0 rings (SSSR count). The zero-order valence-electron chi connectivity index (χ0n) is 47.5. The van der Waals surface area contributed by atoms with Crippen molar-refractivity contribution in [3.8, 4) is 0 Å². The summed E-state index contributed by atoms with van der Waals surface area (Å²) in [6, 6.07) is 0. The van der Waals surface area contributed by atoms with Gasteiger partial charge in [0.15, 0.2) is 0 Å². The Hall–Kier alpha value is 99.9. The van der Waals surface area contributed by atoms with Crippen LogP contribution in [0.4, 0.5) is 0 Å². The van der Waals surface area contributed by atoms with Gasteiger partial charge in [-0.2, -0.15) is 0 Å². The summed E-state index contributed by atoms with van der Waals surface area (Å²) in [5.41, 5.74) is 0. The Kier molecular flexibility index (Phi) is 5590. The molecule has 95 heavy (non-hydrogen) atoms. The fourth-order valence-electron chi connectivity index (χ4n) is 0. The second kappa shape index (κ2) is 723. The van der Waals surface area contributed by atoms with Crippen molar-refractivity contribution in [2.45, 2.75) is 0 Å². The van der Waals surface area contributed by atoms with Crippen molar-refractivity contribution < 1.29 is 2960 Å². The molecule has 0 aromatic carbocycles. The van der Waals surface area contributed by atoms with Gasteiger partial charge in [-0.3, -0.25) is 0 Å². The van der Waals surface area contributed by atoms with Gasteiger partial charge in [0, 0.05) is 2960 Å². The molecule has 0 atom stereocenters. The molecule has 0 unspecified atom stereocenters. The van der Waals surface area contributed by atoms with Crippen LogP contribution in [0.3, 0.4) is 0 Å². The van der Waals surface area contributed by atoms with Crippen LogP contribution in [0, 0.1) is 2960 Å². The zero-order valence-corrected chi connectivity index (χ0v) is 443. The third-order valence-electron chi connectivity index (χ3n) is 0. The van der Waals surface area contributed by atoms with Gasteiger partial charge in [-0.05, 0) is 0 Å². The Bertz CT molecular complexity index is 0. The van der Waals surface area contributed by atoms with Crippen LogP contribution in [0.25, 0.3) is 0 Å². The molecule has 0 aliphatic heterocycles. The van der Waals surface area contributed by atoms with Crippen LogP contribution in [-0.4, -0.2) is 0 Å². The van der Waals surface area contributed by atoms with Gasteiger partial charge < -0.3 is 0 Å². The molecule has 0 bridgehead atoms. The maximum absolute atomic E-state index is 0. The maximum atomic E-state index is 0. The molecule has 0 aliphatic rings. The minimum atomic E-state index is 0. The van der Waals surface area contributed by atoms with Crippen molar-refractivity contribution in [1.82, 2.24) is 0 Å². The van der Waals surface area contributed by atoms with E-state index in [-0.39, 0.29) is 2960 Å². The van der Waals surface area contributed by atoms with Gasteiger partial charge in [0.25, 0.3) is 0 Å². The van der Waals surface area contributed by atoms with Crippen molar-refractivity contribution in [2.24, 2.45) is 0 Å². The van der Waals surface area contributed by atoms with Crippen molar-refractivity contribution in [2.75, 3.05) is 0 Å².